The van der Waals surface area contributed by atoms with Gasteiger partial charge in [0, 0.05) is 23.2 Å². The third-order valence-electron chi connectivity index (χ3n) is 3.28. The third kappa shape index (κ3) is 4.22. The van der Waals surface area contributed by atoms with Gasteiger partial charge >= 0.3 is 0 Å². The van der Waals surface area contributed by atoms with Crippen LogP contribution in [0.3, 0.4) is 0 Å². The number of amides is 1. The van der Waals surface area contributed by atoms with Crippen molar-refractivity contribution in [2.24, 2.45) is 0 Å². The van der Waals surface area contributed by atoms with Gasteiger partial charge in [-0.2, -0.15) is 0 Å². The van der Waals surface area contributed by atoms with E-state index in [0.29, 0.717) is 10.6 Å². The van der Waals surface area contributed by atoms with Crippen LogP contribution in [0.25, 0.3) is 0 Å². The zero-order valence-corrected chi connectivity index (χ0v) is 13.6. The lowest BCUT2D eigenvalue weighted by atomic mass is 9.86. The van der Waals surface area contributed by atoms with Crippen LogP contribution in [-0.4, -0.2) is 17.0 Å². The molecule has 0 radical (unpaired) electrons. The van der Waals surface area contributed by atoms with E-state index < -0.39 is 0 Å². The largest absolute Gasteiger partial charge is 0.303 e. The van der Waals surface area contributed by atoms with E-state index in [0.717, 1.165) is 12.1 Å². The highest BCUT2D eigenvalue weighted by atomic mass is 35.5. The topological polar surface area (TPSA) is 53.2 Å². The fourth-order valence-electron chi connectivity index (χ4n) is 2.85. The fraction of sp³-hybridized carbons (Fsp3) is 0.438. The van der Waals surface area contributed by atoms with Gasteiger partial charge in [0.25, 0.3) is 5.91 Å². The maximum atomic E-state index is 12.1. The van der Waals surface area contributed by atoms with Crippen molar-refractivity contribution in [2.45, 2.75) is 45.2 Å². The molecule has 4 nitrogen and oxygen atoms in total. The van der Waals surface area contributed by atoms with Crippen LogP contribution >= 0.6 is 11.6 Å². The van der Waals surface area contributed by atoms with Gasteiger partial charge in [-0.15, -0.1) is 0 Å². The van der Waals surface area contributed by atoms with Crippen LogP contribution in [0.2, 0.25) is 5.02 Å². The summed E-state index contributed by atoms with van der Waals surface area (Å²) >= 11 is 6.02. The molecule has 5 heteroatoms. The number of benzene rings is 1. The molecule has 0 unspecified atom stereocenters. The molecule has 0 aromatic heterocycles. The zero-order chi connectivity index (χ0) is 15.7. The van der Waals surface area contributed by atoms with Gasteiger partial charge in [-0.1, -0.05) is 23.7 Å². The highest BCUT2D eigenvalue weighted by Gasteiger charge is 2.32. The summed E-state index contributed by atoms with van der Waals surface area (Å²) in [6, 6.07) is 6.99. The van der Waals surface area contributed by atoms with Crippen molar-refractivity contribution in [2.75, 3.05) is 0 Å². The van der Waals surface area contributed by atoms with Crippen LogP contribution in [-0.2, 0) is 0 Å². The molecule has 3 N–H and O–H groups in total. The summed E-state index contributed by atoms with van der Waals surface area (Å²) < 4.78 is 0. The van der Waals surface area contributed by atoms with E-state index in [-0.39, 0.29) is 17.0 Å². The van der Waals surface area contributed by atoms with E-state index in [4.69, 9.17) is 11.6 Å². The number of hydrogen-bond donors (Lipinski definition) is 3. The van der Waals surface area contributed by atoms with Crippen molar-refractivity contribution in [1.82, 2.24) is 16.2 Å². The summed E-state index contributed by atoms with van der Waals surface area (Å²) in [4.78, 5) is 12.1. The minimum absolute atomic E-state index is 0.0320. The molecular weight excluding hydrogens is 286 g/mol. The lowest BCUT2D eigenvalue weighted by Gasteiger charge is -2.41. The summed E-state index contributed by atoms with van der Waals surface area (Å²) in [5.74, 6) is -0.240. The molecule has 1 aliphatic heterocycles. The van der Waals surface area contributed by atoms with E-state index >= 15 is 0 Å². The number of hydrazine groups is 1. The van der Waals surface area contributed by atoms with Crippen molar-refractivity contribution in [3.63, 3.8) is 0 Å². The van der Waals surface area contributed by atoms with E-state index in [1.807, 2.05) is 0 Å². The second-order valence-electron chi connectivity index (χ2n) is 6.64. The van der Waals surface area contributed by atoms with Gasteiger partial charge < -0.3 is 10.7 Å². The number of halogens is 1. The lowest BCUT2D eigenvalue weighted by molar-refractivity contribution is 0.0936. The molecule has 1 amide bonds. The molecule has 2 rings (SSSR count). The second kappa shape index (κ2) is 5.70. The van der Waals surface area contributed by atoms with Crippen molar-refractivity contribution in [1.29, 1.82) is 0 Å². The number of rotatable bonds is 3. The molecule has 1 heterocycles. The number of hydrogen-bond acceptors (Lipinski definition) is 3. The Morgan fingerprint density at radius 2 is 1.90 bits per heavy atom. The number of carbonyl (C=O) groups is 1. The Hall–Kier alpha value is -1.52. The number of nitrogens with one attached hydrogen (secondary N) is 3. The lowest BCUT2D eigenvalue weighted by Crippen LogP contribution is -2.56. The van der Waals surface area contributed by atoms with Crippen molar-refractivity contribution in [3.05, 3.63) is 46.6 Å². The van der Waals surface area contributed by atoms with Crippen molar-refractivity contribution in [3.8, 4) is 0 Å². The highest BCUT2D eigenvalue weighted by molar-refractivity contribution is 6.33. The summed E-state index contributed by atoms with van der Waals surface area (Å²) in [7, 11) is 0. The second-order valence-corrected chi connectivity index (χ2v) is 7.04. The molecule has 0 saturated heterocycles. The smallest absolute Gasteiger partial charge is 0.271 e. The average Bonchev–Trinajstić information content (AvgIpc) is 2.33. The van der Waals surface area contributed by atoms with Gasteiger partial charge in [0.05, 0.1) is 10.6 Å². The van der Waals surface area contributed by atoms with Crippen LogP contribution in [0, 0.1) is 0 Å². The monoisotopic (exact) mass is 307 g/mol. The van der Waals surface area contributed by atoms with E-state index in [9.17, 15) is 4.79 Å². The Bertz CT molecular complexity index is 579. The molecule has 21 heavy (non-hydrogen) atoms. The highest BCUT2D eigenvalue weighted by Crippen LogP contribution is 2.25. The molecule has 1 aliphatic rings. The molecule has 1 aromatic carbocycles. The molecule has 0 aliphatic carbocycles. The Labute approximate surface area is 130 Å². The molecule has 1 aromatic rings. The Balaban J connectivity index is 2.05. The van der Waals surface area contributed by atoms with E-state index in [2.05, 4.69) is 49.9 Å². The SMILES string of the molecule is CC1(C)C=C(NNC(=O)c2ccccc2Cl)CC(C)(C)N1. The van der Waals surface area contributed by atoms with Crippen LogP contribution in [0.15, 0.2) is 36.0 Å². The summed E-state index contributed by atoms with van der Waals surface area (Å²) in [6.45, 7) is 8.48. The minimum atomic E-state index is -0.240. The quantitative estimate of drug-likeness (QED) is 0.752. The molecule has 0 atom stereocenters. The van der Waals surface area contributed by atoms with E-state index in [1.165, 1.54) is 0 Å². The first-order chi connectivity index (χ1) is 9.69. The maximum absolute atomic E-state index is 12.1. The molecular formula is C16H22ClN3O. The Morgan fingerprint density at radius 1 is 1.24 bits per heavy atom. The van der Waals surface area contributed by atoms with Crippen LogP contribution in [0.5, 0.6) is 0 Å². The van der Waals surface area contributed by atoms with Gasteiger partial charge in [0.15, 0.2) is 0 Å². The molecule has 0 saturated carbocycles. The predicted molar refractivity (Wildman–Crippen MR) is 86.0 cm³/mol. The normalized spacial score (nSPS) is 19.6. The predicted octanol–water partition coefficient (Wildman–Crippen LogP) is 3.01. The van der Waals surface area contributed by atoms with E-state index in [1.54, 1.807) is 24.3 Å². The standard InChI is InChI=1S/C16H22ClN3O/c1-15(2)9-11(10-16(3,4)20-15)18-19-14(21)12-7-5-6-8-13(12)17/h5-9,18,20H,10H2,1-4H3,(H,19,21). The Kier molecular flexibility index (Phi) is 4.30. The Morgan fingerprint density at radius 3 is 2.52 bits per heavy atom. The first kappa shape index (κ1) is 15.9. The van der Waals surface area contributed by atoms with Crippen molar-refractivity contribution >= 4 is 17.5 Å². The van der Waals surface area contributed by atoms with Gasteiger partial charge in [0.2, 0.25) is 0 Å². The zero-order valence-electron chi connectivity index (χ0n) is 12.9. The molecule has 0 bridgehead atoms. The maximum Gasteiger partial charge on any atom is 0.271 e. The summed E-state index contributed by atoms with van der Waals surface area (Å²) in [5, 5.41) is 3.98. The van der Waals surface area contributed by atoms with Gasteiger partial charge in [0.1, 0.15) is 0 Å². The average molecular weight is 308 g/mol. The van der Waals surface area contributed by atoms with Crippen LogP contribution < -0.4 is 16.2 Å². The first-order valence-corrected chi connectivity index (χ1v) is 7.38. The van der Waals surface area contributed by atoms with Gasteiger partial charge in [-0.25, -0.2) is 0 Å². The molecule has 0 fully saturated rings. The minimum Gasteiger partial charge on any atom is -0.303 e. The van der Waals surface area contributed by atoms with Crippen LogP contribution in [0.4, 0.5) is 0 Å². The third-order valence-corrected chi connectivity index (χ3v) is 3.61. The van der Waals surface area contributed by atoms with Crippen LogP contribution in [0.1, 0.15) is 44.5 Å². The van der Waals surface area contributed by atoms with Crippen molar-refractivity contribution < 1.29 is 4.79 Å². The summed E-state index contributed by atoms with van der Waals surface area (Å²) in [6.07, 6.45) is 2.89. The molecule has 0 spiro atoms. The first-order valence-electron chi connectivity index (χ1n) is 7.00. The molecule has 114 valence electrons. The van der Waals surface area contributed by atoms with Gasteiger partial charge in [-0.3, -0.25) is 10.2 Å². The van der Waals surface area contributed by atoms with Gasteiger partial charge in [-0.05, 0) is 45.9 Å². The fourth-order valence-corrected chi connectivity index (χ4v) is 3.07. The summed E-state index contributed by atoms with van der Waals surface area (Å²) in [5.41, 5.74) is 7.03. The number of carbonyl (C=O) groups excluding carboxylic acids is 1.